The number of nitrogens with one attached hydrogen (secondary N) is 1. The van der Waals surface area contributed by atoms with Gasteiger partial charge in [0, 0.05) is 6.54 Å². The molecule has 0 heterocycles. The molecule has 0 aromatic heterocycles. The quantitative estimate of drug-likeness (QED) is 0.765. The lowest BCUT2D eigenvalue weighted by atomic mass is 10.1. The predicted molar refractivity (Wildman–Crippen MR) is 84.0 cm³/mol. The third-order valence-corrected chi connectivity index (χ3v) is 3.17. The van der Waals surface area contributed by atoms with E-state index in [0.29, 0.717) is 6.61 Å². The van der Waals surface area contributed by atoms with Crippen LogP contribution in [0.3, 0.4) is 0 Å². The summed E-state index contributed by atoms with van der Waals surface area (Å²) in [5.74, 6) is 0.921. The highest BCUT2D eigenvalue weighted by atomic mass is 16.5. The van der Waals surface area contributed by atoms with Crippen LogP contribution in [0.25, 0.3) is 0 Å². The maximum absolute atomic E-state index is 5.81. The first-order valence-electron chi connectivity index (χ1n) is 7.26. The molecule has 0 fully saturated rings. The van der Waals surface area contributed by atoms with E-state index in [4.69, 9.17) is 4.74 Å². The van der Waals surface area contributed by atoms with E-state index in [1.54, 1.807) is 0 Å². The molecule has 0 saturated carbocycles. The summed E-state index contributed by atoms with van der Waals surface area (Å²) < 4.78 is 5.81. The molecule has 2 aromatic rings. The molecule has 106 valence electrons. The van der Waals surface area contributed by atoms with E-state index in [9.17, 15) is 0 Å². The van der Waals surface area contributed by atoms with Crippen LogP contribution in [0.1, 0.15) is 30.0 Å². The molecular formula is C18H23NO. The standard InChI is InChI=1S/C18H23NO/c1-3-11-19-13-16-5-4-6-17(12-16)14-20-18-9-7-15(2)8-10-18/h4-10,12,19H,3,11,13-14H2,1-2H3. The van der Waals surface area contributed by atoms with Gasteiger partial charge in [-0.15, -0.1) is 0 Å². The van der Waals surface area contributed by atoms with Gasteiger partial charge in [0.1, 0.15) is 12.4 Å². The van der Waals surface area contributed by atoms with Gasteiger partial charge in [0.2, 0.25) is 0 Å². The summed E-state index contributed by atoms with van der Waals surface area (Å²) in [4.78, 5) is 0. The highest BCUT2D eigenvalue weighted by Gasteiger charge is 1.98. The molecule has 0 aliphatic rings. The number of rotatable bonds is 7. The molecule has 2 nitrogen and oxygen atoms in total. The van der Waals surface area contributed by atoms with Gasteiger partial charge in [-0.25, -0.2) is 0 Å². The Morgan fingerprint density at radius 2 is 1.75 bits per heavy atom. The summed E-state index contributed by atoms with van der Waals surface area (Å²) in [6, 6.07) is 16.7. The zero-order valence-corrected chi connectivity index (χ0v) is 12.4. The van der Waals surface area contributed by atoms with Crippen LogP contribution in [0.15, 0.2) is 48.5 Å². The number of hydrogen-bond acceptors (Lipinski definition) is 2. The van der Waals surface area contributed by atoms with Crippen molar-refractivity contribution in [2.45, 2.75) is 33.4 Å². The Balaban J connectivity index is 1.89. The van der Waals surface area contributed by atoms with Crippen LogP contribution in [0.4, 0.5) is 0 Å². The molecular weight excluding hydrogens is 246 g/mol. The Bertz CT molecular complexity index is 519. The van der Waals surface area contributed by atoms with Crippen molar-refractivity contribution in [1.29, 1.82) is 0 Å². The van der Waals surface area contributed by atoms with Gasteiger partial charge in [0.05, 0.1) is 0 Å². The van der Waals surface area contributed by atoms with Gasteiger partial charge in [-0.2, -0.15) is 0 Å². The van der Waals surface area contributed by atoms with Gasteiger partial charge in [0.15, 0.2) is 0 Å². The van der Waals surface area contributed by atoms with Crippen molar-refractivity contribution >= 4 is 0 Å². The Morgan fingerprint density at radius 3 is 2.50 bits per heavy atom. The summed E-state index contributed by atoms with van der Waals surface area (Å²) in [5, 5.41) is 3.42. The number of aryl methyl sites for hydroxylation is 1. The van der Waals surface area contributed by atoms with Gasteiger partial charge < -0.3 is 10.1 Å². The lowest BCUT2D eigenvalue weighted by Crippen LogP contribution is -2.13. The van der Waals surface area contributed by atoms with Crippen LogP contribution in [-0.4, -0.2) is 6.54 Å². The molecule has 0 radical (unpaired) electrons. The molecule has 0 amide bonds. The fraction of sp³-hybridized carbons (Fsp3) is 0.333. The topological polar surface area (TPSA) is 21.3 Å². The third-order valence-electron chi connectivity index (χ3n) is 3.17. The van der Waals surface area contributed by atoms with E-state index in [2.05, 4.69) is 55.6 Å². The Labute approximate surface area is 121 Å². The molecule has 2 rings (SSSR count). The number of hydrogen-bond donors (Lipinski definition) is 1. The minimum Gasteiger partial charge on any atom is -0.489 e. The molecule has 0 unspecified atom stereocenters. The summed E-state index contributed by atoms with van der Waals surface area (Å²) in [5.41, 5.74) is 3.77. The lowest BCUT2D eigenvalue weighted by molar-refractivity contribution is 0.306. The van der Waals surface area contributed by atoms with E-state index in [1.165, 1.54) is 16.7 Å². The first kappa shape index (κ1) is 14.6. The number of benzene rings is 2. The minimum absolute atomic E-state index is 0.616. The monoisotopic (exact) mass is 269 g/mol. The maximum Gasteiger partial charge on any atom is 0.119 e. The van der Waals surface area contributed by atoms with E-state index in [-0.39, 0.29) is 0 Å². The van der Waals surface area contributed by atoms with E-state index in [0.717, 1.165) is 25.3 Å². The summed E-state index contributed by atoms with van der Waals surface area (Å²) in [7, 11) is 0. The Hall–Kier alpha value is -1.80. The highest BCUT2D eigenvalue weighted by Crippen LogP contribution is 2.14. The Kier molecular flexibility index (Phi) is 5.63. The van der Waals surface area contributed by atoms with Crippen molar-refractivity contribution in [1.82, 2.24) is 5.32 Å². The van der Waals surface area contributed by atoms with Gasteiger partial charge in [-0.1, -0.05) is 48.9 Å². The zero-order chi connectivity index (χ0) is 14.2. The average Bonchev–Trinajstić information content (AvgIpc) is 2.47. The average molecular weight is 269 g/mol. The van der Waals surface area contributed by atoms with Crippen LogP contribution in [0, 0.1) is 6.92 Å². The smallest absolute Gasteiger partial charge is 0.119 e. The molecule has 1 N–H and O–H groups in total. The van der Waals surface area contributed by atoms with Crippen molar-refractivity contribution in [3.8, 4) is 5.75 Å². The van der Waals surface area contributed by atoms with Crippen molar-refractivity contribution in [2.24, 2.45) is 0 Å². The molecule has 0 saturated heterocycles. The largest absolute Gasteiger partial charge is 0.489 e. The first-order chi connectivity index (χ1) is 9.78. The SMILES string of the molecule is CCCNCc1cccc(COc2ccc(C)cc2)c1. The maximum atomic E-state index is 5.81. The van der Waals surface area contributed by atoms with Crippen LogP contribution in [0.5, 0.6) is 5.75 Å². The Morgan fingerprint density at radius 1 is 1.00 bits per heavy atom. The van der Waals surface area contributed by atoms with E-state index in [1.807, 2.05) is 12.1 Å². The van der Waals surface area contributed by atoms with Crippen molar-refractivity contribution in [2.75, 3.05) is 6.54 Å². The highest BCUT2D eigenvalue weighted by molar-refractivity contribution is 5.27. The zero-order valence-electron chi connectivity index (χ0n) is 12.4. The number of ether oxygens (including phenoxy) is 1. The molecule has 0 aliphatic heterocycles. The van der Waals surface area contributed by atoms with Gasteiger partial charge in [-0.3, -0.25) is 0 Å². The molecule has 2 heteroatoms. The summed E-state index contributed by atoms with van der Waals surface area (Å²) >= 11 is 0. The first-order valence-corrected chi connectivity index (χ1v) is 7.26. The van der Waals surface area contributed by atoms with Crippen LogP contribution in [0.2, 0.25) is 0 Å². The molecule has 0 spiro atoms. The second-order valence-corrected chi connectivity index (χ2v) is 5.10. The van der Waals surface area contributed by atoms with Crippen molar-refractivity contribution < 1.29 is 4.74 Å². The molecule has 0 atom stereocenters. The third kappa shape index (κ3) is 4.71. The second kappa shape index (κ2) is 7.71. The normalized spacial score (nSPS) is 10.5. The minimum atomic E-state index is 0.616. The summed E-state index contributed by atoms with van der Waals surface area (Å²) in [6.45, 7) is 6.86. The molecule has 0 bridgehead atoms. The molecule has 2 aromatic carbocycles. The van der Waals surface area contributed by atoms with Gasteiger partial charge in [-0.05, 0) is 43.1 Å². The molecule has 20 heavy (non-hydrogen) atoms. The van der Waals surface area contributed by atoms with Gasteiger partial charge in [0.25, 0.3) is 0 Å². The van der Waals surface area contributed by atoms with Crippen molar-refractivity contribution in [3.05, 3.63) is 65.2 Å². The fourth-order valence-corrected chi connectivity index (χ4v) is 2.04. The van der Waals surface area contributed by atoms with Gasteiger partial charge >= 0.3 is 0 Å². The predicted octanol–water partition coefficient (Wildman–Crippen LogP) is 4.07. The van der Waals surface area contributed by atoms with Crippen molar-refractivity contribution in [3.63, 3.8) is 0 Å². The summed E-state index contributed by atoms with van der Waals surface area (Å²) in [6.07, 6.45) is 1.16. The lowest BCUT2D eigenvalue weighted by Gasteiger charge is -2.09. The second-order valence-electron chi connectivity index (χ2n) is 5.10. The van der Waals surface area contributed by atoms with Crippen LogP contribution in [-0.2, 0) is 13.2 Å². The van der Waals surface area contributed by atoms with Crippen LogP contribution >= 0.6 is 0 Å². The van der Waals surface area contributed by atoms with E-state index >= 15 is 0 Å². The fourth-order valence-electron chi connectivity index (χ4n) is 2.04. The van der Waals surface area contributed by atoms with E-state index < -0.39 is 0 Å². The van der Waals surface area contributed by atoms with Crippen LogP contribution < -0.4 is 10.1 Å². The molecule has 0 aliphatic carbocycles.